The molecule has 1 atom stereocenters. The Hall–Kier alpha value is -3.64. The van der Waals surface area contributed by atoms with Crippen molar-refractivity contribution in [2.75, 3.05) is 7.05 Å². The number of phenolic OH excluding ortho intramolecular Hbond substituents is 1. The molecule has 2 aromatic heterocycles. The van der Waals surface area contributed by atoms with Crippen molar-refractivity contribution in [3.05, 3.63) is 96.2 Å². The van der Waals surface area contributed by atoms with Crippen LogP contribution in [0.5, 0.6) is 5.75 Å². The molecule has 0 amide bonds. The summed E-state index contributed by atoms with van der Waals surface area (Å²) >= 11 is 0. The van der Waals surface area contributed by atoms with Crippen molar-refractivity contribution in [2.24, 2.45) is 0 Å². The number of hydrazine groups is 1. The molecule has 5 rings (SSSR count). The van der Waals surface area contributed by atoms with Gasteiger partial charge < -0.3 is 10.1 Å². The van der Waals surface area contributed by atoms with E-state index in [0.717, 1.165) is 33.6 Å². The van der Waals surface area contributed by atoms with Gasteiger partial charge in [-0.05, 0) is 59.7 Å². The number of phenols is 1. The van der Waals surface area contributed by atoms with E-state index in [1.165, 1.54) is 12.1 Å². The van der Waals surface area contributed by atoms with Gasteiger partial charge in [-0.3, -0.25) is 4.40 Å². The smallest absolute Gasteiger partial charge is 0.137 e. The van der Waals surface area contributed by atoms with E-state index in [9.17, 15) is 9.50 Å². The van der Waals surface area contributed by atoms with Crippen molar-refractivity contribution in [1.82, 2.24) is 19.8 Å². The van der Waals surface area contributed by atoms with Gasteiger partial charge in [0.2, 0.25) is 0 Å². The van der Waals surface area contributed by atoms with E-state index >= 15 is 0 Å². The number of benzene rings is 2. The molecular formula is C23H19FN4O. The molecule has 4 aromatic rings. The number of aromatic hydroxyl groups is 1. The Kier molecular flexibility index (Phi) is 4.07. The zero-order valence-electron chi connectivity index (χ0n) is 15.7. The van der Waals surface area contributed by atoms with Crippen LogP contribution in [0.2, 0.25) is 0 Å². The first-order chi connectivity index (χ1) is 14.1. The third-order valence-electron chi connectivity index (χ3n) is 5.18. The molecule has 0 fully saturated rings. The van der Waals surface area contributed by atoms with Gasteiger partial charge in [0, 0.05) is 30.6 Å². The molecule has 29 heavy (non-hydrogen) atoms. The van der Waals surface area contributed by atoms with Crippen LogP contribution in [0.15, 0.2) is 79.3 Å². The minimum absolute atomic E-state index is 0.0707. The van der Waals surface area contributed by atoms with Gasteiger partial charge in [-0.2, -0.15) is 0 Å². The number of rotatable bonds is 3. The fraction of sp³-hybridized carbons (Fsp3) is 0.0870. The molecular weight excluding hydrogens is 367 g/mol. The van der Waals surface area contributed by atoms with E-state index in [2.05, 4.69) is 16.6 Å². The van der Waals surface area contributed by atoms with Crippen LogP contribution in [0.3, 0.4) is 0 Å². The van der Waals surface area contributed by atoms with Crippen molar-refractivity contribution in [2.45, 2.75) is 6.04 Å². The Morgan fingerprint density at radius 3 is 2.45 bits per heavy atom. The van der Waals surface area contributed by atoms with E-state index < -0.39 is 0 Å². The third-order valence-corrected chi connectivity index (χ3v) is 5.18. The van der Waals surface area contributed by atoms with Gasteiger partial charge in [0.05, 0.1) is 17.9 Å². The standard InChI is InChI=1S/C23H19FN4O/c1-27-14-20(23(26-27)16-2-7-18(24)8-3-16)17-6-11-22-25-12-21(28(22)13-17)15-4-9-19(29)10-5-15/h2-14,23,26,29H,1H3. The summed E-state index contributed by atoms with van der Waals surface area (Å²) in [4.78, 5) is 4.50. The van der Waals surface area contributed by atoms with E-state index in [1.54, 1.807) is 24.3 Å². The minimum atomic E-state index is -0.246. The summed E-state index contributed by atoms with van der Waals surface area (Å²) in [5.41, 5.74) is 9.28. The average Bonchev–Trinajstić information content (AvgIpc) is 3.32. The Bertz CT molecular complexity index is 1210. The normalized spacial score (nSPS) is 16.4. The molecule has 0 radical (unpaired) electrons. The summed E-state index contributed by atoms with van der Waals surface area (Å²) in [5, 5.41) is 11.5. The van der Waals surface area contributed by atoms with E-state index in [1.807, 2.05) is 53.1 Å². The Morgan fingerprint density at radius 1 is 0.966 bits per heavy atom. The molecule has 2 aromatic carbocycles. The SMILES string of the molecule is CN1C=C(c2ccc3ncc(-c4ccc(O)cc4)n3c2)C(c2ccc(F)cc2)N1. The molecule has 1 unspecified atom stereocenters. The van der Waals surface area contributed by atoms with Crippen molar-refractivity contribution < 1.29 is 9.50 Å². The lowest BCUT2D eigenvalue weighted by Gasteiger charge is -2.18. The van der Waals surface area contributed by atoms with Gasteiger partial charge in [-0.1, -0.05) is 12.1 Å². The molecule has 144 valence electrons. The second-order valence-corrected chi connectivity index (χ2v) is 7.15. The number of pyridine rings is 1. The summed E-state index contributed by atoms with van der Waals surface area (Å²) in [7, 11) is 1.95. The first-order valence-electron chi connectivity index (χ1n) is 9.31. The van der Waals surface area contributed by atoms with Gasteiger partial charge in [0.25, 0.3) is 0 Å². The van der Waals surface area contributed by atoms with Gasteiger partial charge in [0.1, 0.15) is 17.2 Å². The summed E-state index contributed by atoms with van der Waals surface area (Å²) in [6.07, 6.45) is 5.94. The topological polar surface area (TPSA) is 52.8 Å². The van der Waals surface area contributed by atoms with Gasteiger partial charge >= 0.3 is 0 Å². The van der Waals surface area contributed by atoms with Crippen LogP contribution in [0, 0.1) is 5.82 Å². The molecule has 5 nitrogen and oxygen atoms in total. The highest BCUT2D eigenvalue weighted by molar-refractivity contribution is 5.74. The zero-order chi connectivity index (χ0) is 20.0. The van der Waals surface area contributed by atoms with Gasteiger partial charge in [-0.25, -0.2) is 14.8 Å². The number of aromatic nitrogens is 2. The lowest BCUT2D eigenvalue weighted by atomic mass is 9.96. The number of fused-ring (bicyclic) bond motifs is 1. The molecule has 0 saturated heterocycles. The Morgan fingerprint density at radius 2 is 1.69 bits per heavy atom. The largest absolute Gasteiger partial charge is 0.508 e. The molecule has 1 aliphatic rings. The molecule has 3 heterocycles. The monoisotopic (exact) mass is 386 g/mol. The summed E-state index contributed by atoms with van der Waals surface area (Å²) < 4.78 is 15.4. The first kappa shape index (κ1) is 17.5. The number of hydrogen-bond acceptors (Lipinski definition) is 4. The lowest BCUT2D eigenvalue weighted by molar-refractivity contribution is 0.334. The Labute approximate surface area is 167 Å². The molecule has 0 saturated carbocycles. The quantitative estimate of drug-likeness (QED) is 0.549. The fourth-order valence-electron chi connectivity index (χ4n) is 3.74. The molecule has 0 spiro atoms. The number of halogens is 1. The highest BCUT2D eigenvalue weighted by Crippen LogP contribution is 2.35. The molecule has 6 heteroatoms. The average molecular weight is 386 g/mol. The molecule has 1 aliphatic heterocycles. The molecule has 0 bridgehead atoms. The lowest BCUT2D eigenvalue weighted by Crippen LogP contribution is -2.27. The Balaban J connectivity index is 1.58. The van der Waals surface area contributed by atoms with Crippen LogP contribution < -0.4 is 5.43 Å². The van der Waals surface area contributed by atoms with Crippen molar-refractivity contribution in [3.8, 4) is 17.0 Å². The maximum Gasteiger partial charge on any atom is 0.137 e. The summed E-state index contributed by atoms with van der Waals surface area (Å²) in [6.45, 7) is 0. The zero-order valence-corrected chi connectivity index (χ0v) is 15.7. The van der Waals surface area contributed by atoms with E-state index in [4.69, 9.17) is 0 Å². The van der Waals surface area contributed by atoms with Crippen LogP contribution in [0.25, 0.3) is 22.5 Å². The third kappa shape index (κ3) is 3.13. The van der Waals surface area contributed by atoms with Crippen LogP contribution in [0.1, 0.15) is 17.2 Å². The van der Waals surface area contributed by atoms with Crippen LogP contribution in [-0.4, -0.2) is 26.5 Å². The second kappa shape index (κ2) is 6.76. The highest BCUT2D eigenvalue weighted by atomic mass is 19.1. The number of nitrogens with one attached hydrogen (secondary N) is 1. The number of hydrogen-bond donors (Lipinski definition) is 2. The first-order valence-corrected chi connectivity index (χ1v) is 9.31. The minimum Gasteiger partial charge on any atom is -0.508 e. The maximum atomic E-state index is 13.4. The fourth-order valence-corrected chi connectivity index (χ4v) is 3.74. The van der Waals surface area contributed by atoms with E-state index in [0.29, 0.717) is 0 Å². The van der Waals surface area contributed by atoms with Crippen LogP contribution in [0.4, 0.5) is 4.39 Å². The van der Waals surface area contributed by atoms with Crippen LogP contribution >= 0.6 is 0 Å². The molecule has 2 N–H and O–H groups in total. The van der Waals surface area contributed by atoms with Crippen molar-refractivity contribution in [1.29, 1.82) is 0 Å². The molecule has 0 aliphatic carbocycles. The van der Waals surface area contributed by atoms with Crippen molar-refractivity contribution in [3.63, 3.8) is 0 Å². The van der Waals surface area contributed by atoms with E-state index in [-0.39, 0.29) is 17.6 Å². The highest BCUT2D eigenvalue weighted by Gasteiger charge is 2.25. The van der Waals surface area contributed by atoms with Gasteiger partial charge in [-0.15, -0.1) is 0 Å². The van der Waals surface area contributed by atoms with Crippen molar-refractivity contribution >= 4 is 11.2 Å². The predicted octanol–water partition coefficient (Wildman–Crippen LogP) is 4.38. The summed E-state index contributed by atoms with van der Waals surface area (Å²) in [5.74, 6) is -0.0142. The second-order valence-electron chi connectivity index (χ2n) is 7.15. The predicted molar refractivity (Wildman–Crippen MR) is 110 cm³/mol. The summed E-state index contributed by atoms with van der Waals surface area (Å²) in [6, 6.07) is 17.6. The van der Waals surface area contributed by atoms with Crippen LogP contribution in [-0.2, 0) is 0 Å². The van der Waals surface area contributed by atoms with Gasteiger partial charge in [0.15, 0.2) is 0 Å². The number of imidazole rings is 1. The number of nitrogens with zero attached hydrogens (tertiary/aromatic N) is 3. The maximum absolute atomic E-state index is 13.4.